The fourth-order valence-corrected chi connectivity index (χ4v) is 5.68. The zero-order valence-electron chi connectivity index (χ0n) is 21.9. The molecule has 0 saturated carbocycles. The summed E-state index contributed by atoms with van der Waals surface area (Å²) in [6.07, 6.45) is 0.325. The number of halogens is 2. The van der Waals surface area contributed by atoms with E-state index in [1.165, 1.54) is 36.2 Å². The smallest absolute Gasteiger partial charge is 0.264 e. The maximum atomic E-state index is 13.9. The number of sulfonamides is 1. The summed E-state index contributed by atoms with van der Waals surface area (Å²) in [6.45, 7) is 3.62. The van der Waals surface area contributed by atoms with Crippen LogP contribution in [0.2, 0.25) is 10.0 Å². The maximum absolute atomic E-state index is 13.9. The Labute approximate surface area is 239 Å². The van der Waals surface area contributed by atoms with Crippen LogP contribution < -0.4 is 14.4 Å². The summed E-state index contributed by atoms with van der Waals surface area (Å²) in [5.74, 6) is -0.341. The molecular weight excluding hydrogens is 561 g/mol. The fraction of sp³-hybridized carbons (Fsp3) is 0.286. The normalized spacial score (nSPS) is 11.9. The molecule has 1 atom stereocenters. The van der Waals surface area contributed by atoms with Crippen molar-refractivity contribution in [1.29, 1.82) is 0 Å². The number of ether oxygens (including phenoxy) is 1. The third kappa shape index (κ3) is 7.65. The van der Waals surface area contributed by atoms with Gasteiger partial charge in [0.05, 0.1) is 17.2 Å². The first kappa shape index (κ1) is 30.3. The summed E-state index contributed by atoms with van der Waals surface area (Å²) in [4.78, 5) is 28.0. The Morgan fingerprint density at radius 1 is 0.897 bits per heavy atom. The SMILES string of the molecule is CCOc1ccc(N(CC(=O)N(Cc2ccc(Cl)cc2)C(CC)C(=O)NC)S(=O)(=O)c2ccc(Cl)cc2)cc1. The van der Waals surface area contributed by atoms with Crippen LogP contribution in [0.4, 0.5) is 5.69 Å². The molecule has 8 nitrogen and oxygen atoms in total. The fourth-order valence-electron chi connectivity index (χ4n) is 4.01. The lowest BCUT2D eigenvalue weighted by atomic mass is 10.1. The van der Waals surface area contributed by atoms with Crippen molar-refractivity contribution in [2.45, 2.75) is 37.8 Å². The minimum absolute atomic E-state index is 0.0313. The molecule has 11 heteroatoms. The molecule has 39 heavy (non-hydrogen) atoms. The van der Waals surface area contributed by atoms with Crippen LogP contribution in [0.1, 0.15) is 25.8 Å². The number of rotatable bonds is 12. The lowest BCUT2D eigenvalue weighted by Gasteiger charge is -2.33. The second-order valence-electron chi connectivity index (χ2n) is 8.58. The zero-order valence-corrected chi connectivity index (χ0v) is 24.3. The lowest BCUT2D eigenvalue weighted by Crippen LogP contribution is -2.51. The van der Waals surface area contributed by atoms with E-state index in [-0.39, 0.29) is 23.0 Å². The molecule has 208 valence electrons. The zero-order chi connectivity index (χ0) is 28.6. The Morgan fingerprint density at radius 3 is 1.97 bits per heavy atom. The number of hydrogen-bond donors (Lipinski definition) is 1. The molecule has 1 N–H and O–H groups in total. The average Bonchev–Trinajstić information content (AvgIpc) is 2.93. The molecule has 3 rings (SSSR count). The van der Waals surface area contributed by atoms with Gasteiger partial charge in [0.25, 0.3) is 10.0 Å². The van der Waals surface area contributed by atoms with Gasteiger partial charge in [-0.25, -0.2) is 8.42 Å². The number of anilines is 1. The van der Waals surface area contributed by atoms with Gasteiger partial charge in [0.2, 0.25) is 11.8 Å². The minimum Gasteiger partial charge on any atom is -0.494 e. The highest BCUT2D eigenvalue weighted by Crippen LogP contribution is 2.27. The van der Waals surface area contributed by atoms with Crippen LogP contribution in [0.5, 0.6) is 5.75 Å². The number of nitrogens with zero attached hydrogens (tertiary/aromatic N) is 2. The summed E-state index contributed by atoms with van der Waals surface area (Å²) in [6, 6.07) is 18.2. The van der Waals surface area contributed by atoms with E-state index in [0.717, 1.165) is 9.87 Å². The molecule has 0 bridgehead atoms. The Balaban J connectivity index is 2.05. The van der Waals surface area contributed by atoms with Crippen molar-refractivity contribution in [2.75, 3.05) is 24.5 Å². The van der Waals surface area contributed by atoms with E-state index >= 15 is 0 Å². The van der Waals surface area contributed by atoms with Gasteiger partial charge in [-0.2, -0.15) is 0 Å². The number of amides is 2. The van der Waals surface area contributed by atoms with E-state index in [0.29, 0.717) is 28.8 Å². The molecule has 0 aliphatic rings. The quantitative estimate of drug-likeness (QED) is 0.314. The minimum atomic E-state index is -4.19. The van der Waals surface area contributed by atoms with E-state index in [1.54, 1.807) is 55.5 Å². The number of likely N-dealkylation sites (N-methyl/N-ethyl adjacent to an activating group) is 1. The van der Waals surface area contributed by atoms with E-state index in [2.05, 4.69) is 5.32 Å². The number of carbonyl (C=O) groups is 2. The molecule has 2 amide bonds. The summed E-state index contributed by atoms with van der Waals surface area (Å²) < 4.78 is 34.2. The molecule has 0 heterocycles. The highest BCUT2D eigenvalue weighted by Gasteiger charge is 2.33. The molecule has 1 unspecified atom stereocenters. The topological polar surface area (TPSA) is 96.0 Å². The van der Waals surface area contributed by atoms with Gasteiger partial charge >= 0.3 is 0 Å². The Bertz CT molecular complexity index is 1370. The van der Waals surface area contributed by atoms with Gasteiger partial charge in [-0.3, -0.25) is 13.9 Å². The molecule has 0 saturated heterocycles. The standard InChI is InChI=1S/C28H31Cl2N3O5S/c1-4-26(28(35)31-3)32(18-20-6-8-21(29)9-7-20)27(34)19-33(23-12-14-24(15-13-23)38-5-2)39(36,37)25-16-10-22(30)11-17-25/h6-17,26H,4-5,18-19H2,1-3H3,(H,31,35). The van der Waals surface area contributed by atoms with Crippen LogP contribution >= 0.6 is 23.2 Å². The van der Waals surface area contributed by atoms with Gasteiger partial charge in [0.15, 0.2) is 0 Å². The van der Waals surface area contributed by atoms with Crippen molar-refractivity contribution in [2.24, 2.45) is 0 Å². The summed E-state index contributed by atoms with van der Waals surface area (Å²) in [5, 5.41) is 3.51. The second-order valence-corrected chi connectivity index (χ2v) is 11.3. The van der Waals surface area contributed by atoms with Gasteiger partial charge in [0.1, 0.15) is 18.3 Å². The Morgan fingerprint density at radius 2 is 1.46 bits per heavy atom. The van der Waals surface area contributed by atoms with Crippen LogP contribution in [0, 0.1) is 0 Å². The summed E-state index contributed by atoms with van der Waals surface area (Å²) >= 11 is 12.0. The van der Waals surface area contributed by atoms with Gasteiger partial charge in [0, 0.05) is 23.6 Å². The number of carbonyl (C=O) groups excluding carboxylic acids is 2. The molecule has 3 aromatic rings. The molecule has 0 aliphatic heterocycles. The van der Waals surface area contributed by atoms with Crippen LogP contribution in [-0.2, 0) is 26.2 Å². The van der Waals surface area contributed by atoms with Crippen LogP contribution in [0.25, 0.3) is 0 Å². The predicted molar refractivity (Wildman–Crippen MR) is 154 cm³/mol. The second kappa shape index (κ2) is 13.7. The maximum Gasteiger partial charge on any atom is 0.264 e. The largest absolute Gasteiger partial charge is 0.494 e. The molecule has 0 aliphatic carbocycles. The van der Waals surface area contributed by atoms with Crippen molar-refractivity contribution < 1.29 is 22.7 Å². The molecule has 3 aromatic carbocycles. The number of nitrogens with one attached hydrogen (secondary N) is 1. The molecule has 0 radical (unpaired) electrons. The Hall–Kier alpha value is -3.27. The van der Waals surface area contributed by atoms with Gasteiger partial charge < -0.3 is 15.0 Å². The molecule has 0 spiro atoms. The predicted octanol–water partition coefficient (Wildman–Crippen LogP) is 5.14. The van der Waals surface area contributed by atoms with Crippen molar-refractivity contribution in [1.82, 2.24) is 10.2 Å². The van der Waals surface area contributed by atoms with Crippen molar-refractivity contribution in [3.8, 4) is 5.75 Å². The number of benzene rings is 3. The highest BCUT2D eigenvalue weighted by atomic mass is 35.5. The summed E-state index contributed by atoms with van der Waals surface area (Å²) in [5.41, 5.74) is 1.00. The van der Waals surface area contributed by atoms with E-state index < -0.39 is 28.5 Å². The Kier molecular flexibility index (Phi) is 10.6. The first-order valence-electron chi connectivity index (χ1n) is 12.4. The van der Waals surface area contributed by atoms with Gasteiger partial charge in [-0.15, -0.1) is 0 Å². The third-order valence-electron chi connectivity index (χ3n) is 6.01. The van der Waals surface area contributed by atoms with Crippen molar-refractivity contribution in [3.05, 3.63) is 88.4 Å². The highest BCUT2D eigenvalue weighted by molar-refractivity contribution is 7.92. The monoisotopic (exact) mass is 591 g/mol. The molecular formula is C28H31Cl2N3O5S. The first-order valence-corrected chi connectivity index (χ1v) is 14.6. The molecule has 0 fully saturated rings. The van der Waals surface area contributed by atoms with Gasteiger partial charge in [-0.1, -0.05) is 42.3 Å². The van der Waals surface area contributed by atoms with Gasteiger partial charge in [-0.05, 0) is 79.6 Å². The summed E-state index contributed by atoms with van der Waals surface area (Å²) in [7, 11) is -2.70. The third-order valence-corrected chi connectivity index (χ3v) is 8.31. The molecule has 0 aromatic heterocycles. The van der Waals surface area contributed by atoms with Crippen LogP contribution in [0.3, 0.4) is 0 Å². The van der Waals surface area contributed by atoms with E-state index in [4.69, 9.17) is 27.9 Å². The van der Waals surface area contributed by atoms with Crippen molar-refractivity contribution >= 4 is 50.7 Å². The van der Waals surface area contributed by atoms with Crippen LogP contribution in [-0.4, -0.2) is 51.4 Å². The van der Waals surface area contributed by atoms with E-state index in [1.807, 2.05) is 6.92 Å². The van der Waals surface area contributed by atoms with Crippen molar-refractivity contribution in [3.63, 3.8) is 0 Å². The average molecular weight is 593 g/mol. The lowest BCUT2D eigenvalue weighted by molar-refractivity contribution is -0.140. The van der Waals surface area contributed by atoms with E-state index in [9.17, 15) is 18.0 Å². The first-order chi connectivity index (χ1) is 18.6. The van der Waals surface area contributed by atoms with Crippen LogP contribution in [0.15, 0.2) is 77.7 Å². The number of hydrogen-bond acceptors (Lipinski definition) is 5.